The van der Waals surface area contributed by atoms with E-state index >= 15 is 0 Å². The van der Waals surface area contributed by atoms with Crippen molar-refractivity contribution in [2.24, 2.45) is 0 Å². The predicted octanol–water partition coefficient (Wildman–Crippen LogP) is 0.720. The van der Waals surface area contributed by atoms with E-state index in [2.05, 4.69) is 10.4 Å². The molecule has 2 heterocycles. The van der Waals surface area contributed by atoms with E-state index in [1.54, 1.807) is 0 Å². The van der Waals surface area contributed by atoms with Crippen molar-refractivity contribution < 1.29 is 13.5 Å². The molecule has 0 bridgehead atoms. The number of nitrogens with one attached hydrogen (secondary N) is 1. The monoisotopic (exact) mass is 315 g/mol. The summed E-state index contributed by atoms with van der Waals surface area (Å²) in [6, 6.07) is -0.0383. The van der Waals surface area contributed by atoms with Gasteiger partial charge in [0.15, 0.2) is 9.84 Å². The molecule has 2 N–H and O–H groups in total. The molecule has 2 unspecified atom stereocenters. The Morgan fingerprint density at radius 3 is 2.76 bits per heavy atom. The minimum Gasteiger partial charge on any atom is -0.392 e. The van der Waals surface area contributed by atoms with Gasteiger partial charge >= 0.3 is 0 Å². The molecule has 0 radical (unpaired) electrons. The number of aliphatic hydroxyl groups is 1. The van der Waals surface area contributed by atoms with Gasteiger partial charge in [0.2, 0.25) is 0 Å². The molecule has 2 rings (SSSR count). The molecule has 7 heteroatoms. The molecule has 6 nitrogen and oxygen atoms in total. The minimum atomic E-state index is -2.91. The quantitative estimate of drug-likeness (QED) is 0.808. The molecule has 0 amide bonds. The second kappa shape index (κ2) is 6.46. The third-order valence-electron chi connectivity index (χ3n) is 4.18. The van der Waals surface area contributed by atoms with Gasteiger partial charge in [0.05, 0.1) is 29.3 Å². The topological polar surface area (TPSA) is 84.2 Å². The summed E-state index contributed by atoms with van der Waals surface area (Å²) in [5.74, 6) is 0.447. The van der Waals surface area contributed by atoms with Gasteiger partial charge in [0.1, 0.15) is 0 Å². The van der Waals surface area contributed by atoms with Crippen LogP contribution < -0.4 is 5.32 Å². The molecule has 0 aliphatic carbocycles. The number of aliphatic hydroxyl groups excluding tert-OH is 1. The second-order valence-corrected chi connectivity index (χ2v) is 8.07. The highest BCUT2D eigenvalue weighted by molar-refractivity contribution is 7.91. The summed E-state index contributed by atoms with van der Waals surface area (Å²) < 4.78 is 25.1. The number of hydrogen-bond acceptors (Lipinski definition) is 5. The summed E-state index contributed by atoms with van der Waals surface area (Å²) in [5, 5.41) is 17.3. The fourth-order valence-electron chi connectivity index (χ4n) is 2.78. The Balaban J connectivity index is 2.07. The zero-order valence-electron chi connectivity index (χ0n) is 13.0. The van der Waals surface area contributed by atoms with Crippen molar-refractivity contribution in [3.05, 3.63) is 17.0 Å². The van der Waals surface area contributed by atoms with Crippen molar-refractivity contribution in [3.8, 4) is 0 Å². The molecule has 1 aromatic rings. The van der Waals surface area contributed by atoms with E-state index in [-0.39, 0.29) is 23.7 Å². The first-order valence-corrected chi connectivity index (χ1v) is 9.30. The largest absolute Gasteiger partial charge is 0.392 e. The van der Waals surface area contributed by atoms with E-state index in [4.69, 9.17) is 0 Å². The van der Waals surface area contributed by atoms with E-state index in [0.29, 0.717) is 19.5 Å². The molecule has 1 aliphatic rings. The lowest BCUT2D eigenvalue weighted by Gasteiger charge is -2.12. The molecular weight excluding hydrogens is 290 g/mol. The summed E-state index contributed by atoms with van der Waals surface area (Å²) in [4.78, 5) is 0. The highest BCUT2D eigenvalue weighted by Gasteiger charge is 2.31. The van der Waals surface area contributed by atoms with Crippen LogP contribution in [0.5, 0.6) is 0 Å². The van der Waals surface area contributed by atoms with Crippen LogP contribution in [0.2, 0.25) is 0 Å². The average Bonchev–Trinajstić information content (AvgIpc) is 2.91. The van der Waals surface area contributed by atoms with Crippen LogP contribution in [0.4, 0.5) is 0 Å². The first kappa shape index (κ1) is 16.5. The Labute approximate surface area is 126 Å². The number of aryl methyl sites for hydroxylation is 1. The summed E-state index contributed by atoms with van der Waals surface area (Å²) in [7, 11) is -2.91. The van der Waals surface area contributed by atoms with Crippen LogP contribution in [0.1, 0.15) is 42.8 Å². The molecule has 1 aromatic heterocycles. The van der Waals surface area contributed by atoms with Crippen molar-refractivity contribution in [1.29, 1.82) is 0 Å². The van der Waals surface area contributed by atoms with Crippen molar-refractivity contribution in [1.82, 2.24) is 15.1 Å². The Kier molecular flexibility index (Phi) is 5.06. The fraction of sp³-hybridized carbons (Fsp3) is 0.786. The first-order valence-electron chi connectivity index (χ1n) is 7.48. The van der Waals surface area contributed by atoms with Gasteiger partial charge in [-0.3, -0.25) is 4.68 Å². The molecule has 1 saturated heterocycles. The summed E-state index contributed by atoms with van der Waals surface area (Å²) in [6.07, 6.45) is 1.04. The van der Waals surface area contributed by atoms with Crippen LogP contribution in [0.3, 0.4) is 0 Å². The van der Waals surface area contributed by atoms with Crippen LogP contribution in [0, 0.1) is 13.8 Å². The summed E-state index contributed by atoms with van der Waals surface area (Å²) in [5.41, 5.74) is 3.05. The van der Waals surface area contributed by atoms with Crippen molar-refractivity contribution in [2.45, 2.75) is 52.3 Å². The van der Waals surface area contributed by atoms with Gasteiger partial charge in [-0.05, 0) is 26.7 Å². The van der Waals surface area contributed by atoms with Gasteiger partial charge in [-0.2, -0.15) is 5.10 Å². The van der Waals surface area contributed by atoms with Crippen molar-refractivity contribution >= 4 is 9.84 Å². The number of sulfone groups is 1. The predicted molar refractivity (Wildman–Crippen MR) is 82.0 cm³/mol. The Hall–Kier alpha value is -0.920. The smallest absolute Gasteiger partial charge is 0.152 e. The molecule has 1 aliphatic heterocycles. The average molecular weight is 315 g/mol. The van der Waals surface area contributed by atoms with E-state index in [1.807, 2.05) is 25.5 Å². The zero-order valence-corrected chi connectivity index (χ0v) is 13.8. The standard InChI is InChI=1S/C14H25N3O3S/c1-4-13(18)7-15-8-14-10(2)16-17(11(14)3)12-5-6-21(19,20)9-12/h12-13,15,18H,4-9H2,1-3H3. The van der Waals surface area contributed by atoms with Crippen molar-refractivity contribution in [2.75, 3.05) is 18.1 Å². The molecule has 1 fully saturated rings. The van der Waals surface area contributed by atoms with E-state index in [0.717, 1.165) is 23.4 Å². The van der Waals surface area contributed by atoms with Gasteiger partial charge in [-0.25, -0.2) is 8.42 Å². The molecule has 120 valence electrons. The van der Waals surface area contributed by atoms with E-state index in [9.17, 15) is 13.5 Å². The Morgan fingerprint density at radius 1 is 1.48 bits per heavy atom. The molecule has 0 spiro atoms. The maximum Gasteiger partial charge on any atom is 0.152 e. The zero-order chi connectivity index (χ0) is 15.6. The van der Waals surface area contributed by atoms with Crippen molar-refractivity contribution in [3.63, 3.8) is 0 Å². The lowest BCUT2D eigenvalue weighted by atomic mass is 10.2. The maximum atomic E-state index is 11.6. The molecule has 21 heavy (non-hydrogen) atoms. The second-order valence-electron chi connectivity index (χ2n) is 5.84. The van der Waals surface area contributed by atoms with Gasteiger partial charge in [-0.1, -0.05) is 6.92 Å². The minimum absolute atomic E-state index is 0.0383. The lowest BCUT2D eigenvalue weighted by Crippen LogP contribution is -2.26. The third kappa shape index (κ3) is 3.84. The van der Waals surface area contributed by atoms with Crippen LogP contribution >= 0.6 is 0 Å². The SMILES string of the molecule is CCC(O)CNCc1c(C)nn(C2CCS(=O)(=O)C2)c1C. The summed E-state index contributed by atoms with van der Waals surface area (Å²) in [6.45, 7) is 7.08. The Bertz CT molecular complexity index is 595. The lowest BCUT2D eigenvalue weighted by molar-refractivity contribution is 0.167. The molecular formula is C14H25N3O3S. The third-order valence-corrected chi connectivity index (χ3v) is 5.93. The highest BCUT2D eigenvalue weighted by atomic mass is 32.2. The number of rotatable bonds is 6. The number of hydrogen-bond donors (Lipinski definition) is 2. The highest BCUT2D eigenvalue weighted by Crippen LogP contribution is 2.26. The molecule has 0 saturated carbocycles. The first-order chi connectivity index (χ1) is 9.84. The van der Waals surface area contributed by atoms with Crippen LogP contribution in [0.25, 0.3) is 0 Å². The molecule has 0 aromatic carbocycles. The van der Waals surface area contributed by atoms with Crippen LogP contribution in [-0.2, 0) is 16.4 Å². The fourth-order valence-corrected chi connectivity index (χ4v) is 4.48. The van der Waals surface area contributed by atoms with E-state index < -0.39 is 9.84 Å². The van der Waals surface area contributed by atoms with Gasteiger partial charge < -0.3 is 10.4 Å². The van der Waals surface area contributed by atoms with Gasteiger partial charge in [0.25, 0.3) is 0 Å². The summed E-state index contributed by atoms with van der Waals surface area (Å²) >= 11 is 0. The number of nitrogens with zero attached hydrogens (tertiary/aromatic N) is 2. The maximum absolute atomic E-state index is 11.6. The van der Waals surface area contributed by atoms with Gasteiger partial charge in [0, 0.05) is 24.3 Å². The Morgan fingerprint density at radius 2 is 2.19 bits per heavy atom. The van der Waals surface area contributed by atoms with Gasteiger partial charge in [-0.15, -0.1) is 0 Å². The van der Waals surface area contributed by atoms with Crippen LogP contribution in [-0.4, -0.2) is 47.5 Å². The molecule has 2 atom stereocenters. The van der Waals surface area contributed by atoms with E-state index in [1.165, 1.54) is 0 Å². The van der Waals surface area contributed by atoms with Crippen LogP contribution in [0.15, 0.2) is 0 Å². The normalized spacial score (nSPS) is 22.6. The number of aromatic nitrogens is 2.